The third-order valence-corrected chi connectivity index (χ3v) is 4.42. The fraction of sp³-hybridized carbons (Fsp3) is 0.286. The second-order valence-corrected chi connectivity index (χ2v) is 6.50. The van der Waals surface area contributed by atoms with E-state index in [2.05, 4.69) is 15.9 Å². The number of thioether (sulfide) groups is 1. The van der Waals surface area contributed by atoms with E-state index >= 15 is 0 Å². The van der Waals surface area contributed by atoms with Gasteiger partial charge in [-0.15, -0.1) is 0 Å². The van der Waals surface area contributed by atoms with Crippen LogP contribution in [-0.4, -0.2) is 33.6 Å². The largest absolute Gasteiger partial charge is 0.493 e. The van der Waals surface area contributed by atoms with Crippen molar-refractivity contribution in [3.05, 3.63) is 34.7 Å². The van der Waals surface area contributed by atoms with Crippen LogP contribution in [0.2, 0.25) is 0 Å². The average molecular weight is 372 g/mol. The molecule has 1 fully saturated rings. The summed E-state index contributed by atoms with van der Waals surface area (Å²) in [4.78, 5) is 14.4. The van der Waals surface area contributed by atoms with Crippen molar-refractivity contribution in [2.45, 2.75) is 6.92 Å². The molecule has 1 aromatic rings. The Morgan fingerprint density at radius 3 is 2.65 bits per heavy atom. The highest BCUT2D eigenvalue weighted by molar-refractivity contribution is 9.09. The normalized spacial score (nSPS) is 17.1. The Hall–Kier alpha value is -0.850. The number of alkyl halides is 1. The number of benzene rings is 1. The zero-order valence-electron chi connectivity index (χ0n) is 11.0. The quantitative estimate of drug-likeness (QED) is 0.448. The molecule has 0 unspecified atom stereocenters. The molecule has 1 aromatic carbocycles. The number of hydrogen-bond donors (Lipinski definition) is 0. The summed E-state index contributed by atoms with van der Waals surface area (Å²) in [5.41, 5.74) is 0.966. The first-order chi connectivity index (χ1) is 9.65. The van der Waals surface area contributed by atoms with Crippen LogP contribution in [0.5, 0.6) is 5.75 Å². The molecule has 1 aliphatic heterocycles. The Balaban J connectivity index is 2.11. The van der Waals surface area contributed by atoms with Gasteiger partial charge in [-0.25, -0.2) is 0 Å². The zero-order chi connectivity index (χ0) is 14.5. The van der Waals surface area contributed by atoms with Crippen molar-refractivity contribution in [2.24, 2.45) is 0 Å². The monoisotopic (exact) mass is 371 g/mol. The second kappa shape index (κ2) is 7.24. The number of carbonyl (C=O) groups is 1. The molecule has 0 atom stereocenters. The summed E-state index contributed by atoms with van der Waals surface area (Å²) in [6.07, 6.45) is 1.86. The lowest BCUT2D eigenvalue weighted by atomic mass is 10.2. The van der Waals surface area contributed by atoms with Crippen LogP contribution in [0.25, 0.3) is 6.08 Å². The molecule has 0 radical (unpaired) electrons. The van der Waals surface area contributed by atoms with E-state index in [4.69, 9.17) is 17.0 Å². The predicted octanol–water partition coefficient (Wildman–Crippen LogP) is 3.68. The third-order valence-electron chi connectivity index (χ3n) is 2.71. The maximum absolute atomic E-state index is 12.1. The molecular formula is C14H14BrNO2S2. The lowest BCUT2D eigenvalue weighted by molar-refractivity contribution is -0.121. The van der Waals surface area contributed by atoms with Gasteiger partial charge in [-0.1, -0.05) is 52.0 Å². The van der Waals surface area contributed by atoms with Crippen molar-refractivity contribution in [3.63, 3.8) is 0 Å². The SMILES string of the molecule is CCN1C(=O)/C(=C/c2ccc(OCCBr)cc2)SC1=S. The van der Waals surface area contributed by atoms with Gasteiger partial charge in [-0.2, -0.15) is 0 Å². The number of thiocarbonyl (C=S) groups is 1. The minimum atomic E-state index is -0.0119. The first kappa shape index (κ1) is 15.5. The highest BCUT2D eigenvalue weighted by atomic mass is 79.9. The molecule has 0 saturated carbocycles. The predicted molar refractivity (Wildman–Crippen MR) is 91.3 cm³/mol. The summed E-state index contributed by atoms with van der Waals surface area (Å²) in [5.74, 6) is 0.810. The molecule has 20 heavy (non-hydrogen) atoms. The summed E-state index contributed by atoms with van der Waals surface area (Å²) in [6, 6.07) is 7.66. The van der Waals surface area contributed by atoms with Crippen molar-refractivity contribution < 1.29 is 9.53 Å². The molecule has 2 rings (SSSR count). The number of hydrogen-bond acceptors (Lipinski definition) is 4. The van der Waals surface area contributed by atoms with Gasteiger partial charge < -0.3 is 4.74 Å². The Bertz CT molecular complexity index is 543. The molecule has 6 heteroatoms. The molecule has 106 valence electrons. The van der Waals surface area contributed by atoms with Crippen molar-refractivity contribution in [3.8, 4) is 5.75 Å². The van der Waals surface area contributed by atoms with Gasteiger partial charge in [-0.05, 0) is 30.7 Å². The second-order valence-electron chi connectivity index (χ2n) is 4.03. The number of likely N-dealkylation sites (N-methyl/N-ethyl adjacent to an activating group) is 1. The number of carbonyl (C=O) groups excluding carboxylic acids is 1. The molecule has 0 aliphatic carbocycles. The Kier molecular flexibility index (Phi) is 5.63. The molecule has 1 amide bonds. The van der Waals surface area contributed by atoms with E-state index in [-0.39, 0.29) is 5.91 Å². The maximum Gasteiger partial charge on any atom is 0.266 e. The summed E-state index contributed by atoms with van der Waals surface area (Å²) in [5, 5.41) is 0.800. The van der Waals surface area contributed by atoms with Crippen molar-refractivity contribution in [2.75, 3.05) is 18.5 Å². The highest BCUT2D eigenvalue weighted by Crippen LogP contribution is 2.32. The summed E-state index contributed by atoms with van der Waals surface area (Å²) < 4.78 is 6.11. The Morgan fingerprint density at radius 1 is 1.40 bits per heavy atom. The van der Waals surface area contributed by atoms with Gasteiger partial charge in [0.25, 0.3) is 5.91 Å². The number of rotatable bonds is 5. The minimum absolute atomic E-state index is 0.0119. The van der Waals surface area contributed by atoms with Crippen molar-refractivity contribution >= 4 is 56.2 Å². The van der Waals surface area contributed by atoms with Gasteiger partial charge in [0, 0.05) is 11.9 Å². The van der Waals surface area contributed by atoms with Crippen molar-refractivity contribution in [1.29, 1.82) is 0 Å². The molecule has 0 bridgehead atoms. The Morgan fingerprint density at radius 2 is 2.10 bits per heavy atom. The van der Waals surface area contributed by atoms with Crippen LogP contribution >= 0.6 is 39.9 Å². The molecule has 0 N–H and O–H groups in total. The highest BCUT2D eigenvalue weighted by Gasteiger charge is 2.30. The number of ether oxygens (including phenoxy) is 1. The standard InChI is InChI=1S/C14H14BrNO2S2/c1-2-16-13(17)12(20-14(16)19)9-10-3-5-11(6-4-10)18-8-7-15/h3-6,9H,2,7-8H2,1H3/b12-9-. The molecule has 0 aromatic heterocycles. The van der Waals surface area contributed by atoms with E-state index in [0.29, 0.717) is 22.4 Å². The van der Waals surface area contributed by atoms with Crippen LogP contribution in [0.15, 0.2) is 29.2 Å². The van der Waals surface area contributed by atoms with Crippen LogP contribution in [-0.2, 0) is 4.79 Å². The lowest BCUT2D eigenvalue weighted by Crippen LogP contribution is -2.27. The third kappa shape index (κ3) is 3.62. The van der Waals surface area contributed by atoms with Crippen LogP contribution in [0.3, 0.4) is 0 Å². The van der Waals surface area contributed by atoms with E-state index in [1.165, 1.54) is 11.8 Å². The van der Waals surface area contributed by atoms with Gasteiger partial charge in [0.05, 0.1) is 11.5 Å². The van der Waals surface area contributed by atoms with Crippen LogP contribution in [0, 0.1) is 0 Å². The summed E-state index contributed by atoms with van der Waals surface area (Å²) >= 11 is 9.84. The van der Waals surface area contributed by atoms with Crippen LogP contribution < -0.4 is 4.74 Å². The molecule has 3 nitrogen and oxygen atoms in total. The van der Waals surface area contributed by atoms with Gasteiger partial charge >= 0.3 is 0 Å². The fourth-order valence-corrected chi connectivity index (χ4v) is 3.29. The van der Waals surface area contributed by atoms with Crippen LogP contribution in [0.4, 0.5) is 0 Å². The molecular weight excluding hydrogens is 358 g/mol. The number of nitrogens with zero attached hydrogens (tertiary/aromatic N) is 1. The van der Waals surface area contributed by atoms with E-state index in [0.717, 1.165) is 16.6 Å². The molecule has 1 saturated heterocycles. The number of halogens is 1. The number of amides is 1. The fourth-order valence-electron chi connectivity index (χ4n) is 1.74. The maximum atomic E-state index is 12.1. The first-order valence-corrected chi connectivity index (χ1v) is 8.54. The smallest absolute Gasteiger partial charge is 0.266 e. The molecule has 1 aliphatic rings. The van der Waals surface area contributed by atoms with E-state index in [1.54, 1.807) is 4.90 Å². The van der Waals surface area contributed by atoms with E-state index in [1.807, 2.05) is 37.3 Å². The first-order valence-electron chi connectivity index (χ1n) is 6.20. The lowest BCUT2D eigenvalue weighted by Gasteiger charge is -2.09. The van der Waals surface area contributed by atoms with Crippen LogP contribution in [0.1, 0.15) is 12.5 Å². The summed E-state index contributed by atoms with van der Waals surface area (Å²) in [7, 11) is 0. The van der Waals surface area contributed by atoms with Gasteiger partial charge in [0.1, 0.15) is 10.1 Å². The van der Waals surface area contributed by atoms with E-state index < -0.39 is 0 Å². The zero-order valence-corrected chi connectivity index (χ0v) is 14.2. The minimum Gasteiger partial charge on any atom is -0.493 e. The average Bonchev–Trinajstić information content (AvgIpc) is 2.72. The van der Waals surface area contributed by atoms with Gasteiger partial charge in [-0.3, -0.25) is 9.69 Å². The molecule has 1 heterocycles. The summed E-state index contributed by atoms with van der Waals surface area (Å²) in [6.45, 7) is 3.17. The molecule has 0 spiro atoms. The van der Waals surface area contributed by atoms with E-state index in [9.17, 15) is 4.79 Å². The van der Waals surface area contributed by atoms with Gasteiger partial charge in [0.2, 0.25) is 0 Å². The van der Waals surface area contributed by atoms with Gasteiger partial charge in [0.15, 0.2) is 0 Å². The topological polar surface area (TPSA) is 29.5 Å². The Labute approximate surface area is 136 Å². The van der Waals surface area contributed by atoms with Crippen molar-refractivity contribution in [1.82, 2.24) is 4.90 Å².